The molecule has 0 amide bonds. The molecule has 68 valence electrons. The van der Waals surface area contributed by atoms with Crippen LogP contribution in [-0.2, 0) is 0 Å². The van der Waals surface area contributed by atoms with Gasteiger partial charge in [0.15, 0.2) is 0 Å². The quantitative estimate of drug-likeness (QED) is 0.513. The molecule has 3 heteroatoms. The molecule has 0 radical (unpaired) electrons. The average Bonchev–Trinajstić information content (AvgIpc) is 2.00. The predicted molar refractivity (Wildman–Crippen MR) is 45.4 cm³/mol. The van der Waals surface area contributed by atoms with E-state index in [9.17, 15) is 5.11 Å². The highest BCUT2D eigenvalue weighted by Gasteiger charge is 2.11. The summed E-state index contributed by atoms with van der Waals surface area (Å²) < 4.78 is 0. The minimum Gasteiger partial charge on any atom is -0.396 e. The van der Waals surface area contributed by atoms with E-state index in [4.69, 9.17) is 5.11 Å². The fraction of sp³-hybridized carbons (Fsp3) is 1.00. The zero-order valence-electron chi connectivity index (χ0n) is 7.38. The van der Waals surface area contributed by atoms with Gasteiger partial charge in [-0.2, -0.15) is 0 Å². The first-order chi connectivity index (χ1) is 5.22. The SMILES string of the molecule is CCNC[C@@H](O)[C@H](C)CCO. The summed E-state index contributed by atoms with van der Waals surface area (Å²) >= 11 is 0. The zero-order valence-corrected chi connectivity index (χ0v) is 7.38. The summed E-state index contributed by atoms with van der Waals surface area (Å²) in [5.74, 6) is 0.180. The van der Waals surface area contributed by atoms with Gasteiger partial charge >= 0.3 is 0 Å². The molecule has 0 saturated heterocycles. The van der Waals surface area contributed by atoms with E-state index < -0.39 is 0 Å². The third kappa shape index (κ3) is 5.18. The molecular weight excluding hydrogens is 142 g/mol. The van der Waals surface area contributed by atoms with Crippen molar-refractivity contribution < 1.29 is 10.2 Å². The van der Waals surface area contributed by atoms with Gasteiger partial charge < -0.3 is 15.5 Å². The van der Waals surface area contributed by atoms with Crippen molar-refractivity contribution >= 4 is 0 Å². The minimum atomic E-state index is -0.331. The predicted octanol–water partition coefficient (Wildman–Crippen LogP) is -0.0247. The topological polar surface area (TPSA) is 52.5 Å². The Morgan fingerprint density at radius 3 is 2.55 bits per heavy atom. The van der Waals surface area contributed by atoms with Crippen LogP contribution in [0.15, 0.2) is 0 Å². The van der Waals surface area contributed by atoms with E-state index in [0.717, 1.165) is 6.54 Å². The standard InChI is InChI=1S/C8H19NO2/c1-3-9-6-8(11)7(2)4-5-10/h7-11H,3-6H2,1-2H3/t7-,8-/m1/s1. The highest BCUT2D eigenvalue weighted by atomic mass is 16.3. The number of likely N-dealkylation sites (N-methyl/N-ethyl adjacent to an activating group) is 1. The fourth-order valence-corrected chi connectivity index (χ4v) is 0.889. The number of aliphatic hydroxyl groups is 2. The van der Waals surface area contributed by atoms with Gasteiger partial charge in [0.05, 0.1) is 6.10 Å². The number of hydrogen-bond acceptors (Lipinski definition) is 3. The van der Waals surface area contributed by atoms with E-state index in [1.807, 2.05) is 13.8 Å². The van der Waals surface area contributed by atoms with Crippen LogP contribution in [0, 0.1) is 5.92 Å². The fourth-order valence-electron chi connectivity index (χ4n) is 0.889. The van der Waals surface area contributed by atoms with Gasteiger partial charge in [-0.05, 0) is 18.9 Å². The lowest BCUT2D eigenvalue weighted by Crippen LogP contribution is -2.31. The van der Waals surface area contributed by atoms with Gasteiger partial charge in [0.1, 0.15) is 0 Å². The molecule has 0 aliphatic carbocycles. The van der Waals surface area contributed by atoms with Crippen molar-refractivity contribution in [3.8, 4) is 0 Å². The van der Waals surface area contributed by atoms with E-state index in [2.05, 4.69) is 5.32 Å². The summed E-state index contributed by atoms with van der Waals surface area (Å²) in [6, 6.07) is 0. The van der Waals surface area contributed by atoms with E-state index in [-0.39, 0.29) is 18.6 Å². The molecule has 0 unspecified atom stereocenters. The van der Waals surface area contributed by atoms with E-state index in [0.29, 0.717) is 13.0 Å². The van der Waals surface area contributed by atoms with Crippen molar-refractivity contribution in [3.63, 3.8) is 0 Å². The molecule has 0 aliphatic rings. The Labute approximate surface area is 68.4 Å². The average molecular weight is 161 g/mol. The molecule has 0 heterocycles. The summed E-state index contributed by atoms with van der Waals surface area (Å²) in [7, 11) is 0. The maximum atomic E-state index is 9.41. The Balaban J connectivity index is 3.38. The Morgan fingerprint density at radius 1 is 1.45 bits per heavy atom. The largest absolute Gasteiger partial charge is 0.396 e. The molecule has 0 aromatic rings. The highest BCUT2D eigenvalue weighted by molar-refractivity contribution is 4.66. The molecule has 3 N–H and O–H groups in total. The van der Waals surface area contributed by atoms with Crippen molar-refractivity contribution in [3.05, 3.63) is 0 Å². The lowest BCUT2D eigenvalue weighted by Gasteiger charge is -2.17. The van der Waals surface area contributed by atoms with Crippen LogP contribution < -0.4 is 5.32 Å². The van der Waals surface area contributed by atoms with Crippen LogP contribution in [0.25, 0.3) is 0 Å². The van der Waals surface area contributed by atoms with E-state index in [1.165, 1.54) is 0 Å². The van der Waals surface area contributed by atoms with E-state index >= 15 is 0 Å². The molecule has 0 aromatic carbocycles. The van der Waals surface area contributed by atoms with Crippen molar-refractivity contribution in [2.24, 2.45) is 5.92 Å². The third-order valence-corrected chi connectivity index (χ3v) is 1.84. The molecule has 0 rings (SSSR count). The summed E-state index contributed by atoms with van der Waals surface area (Å²) in [6.45, 7) is 5.60. The van der Waals surface area contributed by atoms with Crippen LogP contribution in [0.2, 0.25) is 0 Å². The van der Waals surface area contributed by atoms with Crippen LogP contribution in [0.4, 0.5) is 0 Å². The first-order valence-corrected chi connectivity index (χ1v) is 4.22. The molecular formula is C8H19NO2. The lowest BCUT2D eigenvalue weighted by atomic mass is 10.0. The summed E-state index contributed by atoms with van der Waals surface area (Å²) in [5.41, 5.74) is 0. The Morgan fingerprint density at radius 2 is 2.09 bits per heavy atom. The molecule has 2 atom stereocenters. The molecule has 0 aliphatic heterocycles. The Kier molecular flexibility index (Phi) is 6.51. The first kappa shape index (κ1) is 10.9. The lowest BCUT2D eigenvalue weighted by molar-refractivity contribution is 0.0982. The number of rotatable bonds is 6. The summed E-state index contributed by atoms with van der Waals surface area (Å²) in [4.78, 5) is 0. The van der Waals surface area contributed by atoms with Gasteiger partial charge in [0.25, 0.3) is 0 Å². The van der Waals surface area contributed by atoms with Crippen LogP contribution >= 0.6 is 0 Å². The first-order valence-electron chi connectivity index (χ1n) is 4.22. The number of nitrogens with one attached hydrogen (secondary N) is 1. The van der Waals surface area contributed by atoms with Gasteiger partial charge in [0.2, 0.25) is 0 Å². The minimum absolute atomic E-state index is 0.157. The van der Waals surface area contributed by atoms with Crippen LogP contribution in [0.1, 0.15) is 20.3 Å². The van der Waals surface area contributed by atoms with Gasteiger partial charge in [-0.3, -0.25) is 0 Å². The molecule has 0 fully saturated rings. The van der Waals surface area contributed by atoms with Crippen molar-refractivity contribution in [2.45, 2.75) is 26.4 Å². The monoisotopic (exact) mass is 161 g/mol. The van der Waals surface area contributed by atoms with Crippen LogP contribution in [0.5, 0.6) is 0 Å². The van der Waals surface area contributed by atoms with Gasteiger partial charge in [-0.1, -0.05) is 13.8 Å². The second-order valence-electron chi connectivity index (χ2n) is 2.86. The van der Waals surface area contributed by atoms with Crippen LogP contribution in [-0.4, -0.2) is 36.0 Å². The van der Waals surface area contributed by atoms with E-state index in [1.54, 1.807) is 0 Å². The number of aliphatic hydroxyl groups excluding tert-OH is 2. The maximum absolute atomic E-state index is 9.41. The second-order valence-corrected chi connectivity index (χ2v) is 2.86. The van der Waals surface area contributed by atoms with Gasteiger partial charge in [-0.25, -0.2) is 0 Å². The Bertz CT molecular complexity index is 88.2. The number of hydrogen-bond donors (Lipinski definition) is 3. The molecule has 11 heavy (non-hydrogen) atoms. The zero-order chi connectivity index (χ0) is 8.69. The molecule has 0 aromatic heterocycles. The Hall–Kier alpha value is -0.120. The van der Waals surface area contributed by atoms with Crippen molar-refractivity contribution in [1.82, 2.24) is 5.32 Å². The maximum Gasteiger partial charge on any atom is 0.0690 e. The normalized spacial score (nSPS) is 16.4. The smallest absolute Gasteiger partial charge is 0.0690 e. The van der Waals surface area contributed by atoms with Gasteiger partial charge in [0, 0.05) is 13.2 Å². The highest BCUT2D eigenvalue weighted by Crippen LogP contribution is 2.05. The molecule has 0 bridgehead atoms. The van der Waals surface area contributed by atoms with Crippen molar-refractivity contribution in [1.29, 1.82) is 0 Å². The summed E-state index contributed by atoms with van der Waals surface area (Å²) in [5, 5.41) is 21.0. The second kappa shape index (κ2) is 6.58. The molecule has 0 saturated carbocycles. The van der Waals surface area contributed by atoms with Crippen molar-refractivity contribution in [2.75, 3.05) is 19.7 Å². The van der Waals surface area contributed by atoms with Gasteiger partial charge in [-0.15, -0.1) is 0 Å². The summed E-state index contributed by atoms with van der Waals surface area (Å²) in [6.07, 6.45) is 0.342. The van der Waals surface area contributed by atoms with Crippen LogP contribution in [0.3, 0.4) is 0 Å². The molecule has 0 spiro atoms. The third-order valence-electron chi connectivity index (χ3n) is 1.84. The molecule has 3 nitrogen and oxygen atoms in total.